The van der Waals surface area contributed by atoms with Crippen LogP contribution in [0.1, 0.15) is 65.0 Å². The van der Waals surface area contributed by atoms with Gasteiger partial charge in [-0.1, -0.05) is 65.3 Å². The van der Waals surface area contributed by atoms with Crippen molar-refractivity contribution < 1.29 is 5.11 Å². The first-order chi connectivity index (χ1) is 10.5. The molecule has 0 radical (unpaired) electrons. The van der Waals surface area contributed by atoms with Crippen molar-refractivity contribution in [2.45, 2.75) is 59.5 Å². The molecule has 1 nitrogen and oxygen atoms in total. The first-order valence-corrected chi connectivity index (χ1v) is 8.18. The molecule has 0 heterocycles. The highest BCUT2D eigenvalue weighted by atomic mass is 16.3. The summed E-state index contributed by atoms with van der Waals surface area (Å²) in [6.45, 7) is 8.59. The van der Waals surface area contributed by atoms with Gasteiger partial charge in [-0.05, 0) is 58.9 Å². The van der Waals surface area contributed by atoms with Crippen molar-refractivity contribution in [2.75, 3.05) is 0 Å². The van der Waals surface area contributed by atoms with Crippen LogP contribution < -0.4 is 0 Å². The SMILES string of the molecule is CC(C)=CCC/C(C)=C\CC/C(C)=C/C(O)c1ccccc1. The van der Waals surface area contributed by atoms with E-state index in [-0.39, 0.29) is 0 Å². The summed E-state index contributed by atoms with van der Waals surface area (Å²) in [5.74, 6) is 0. The Kier molecular flexibility index (Phi) is 8.54. The van der Waals surface area contributed by atoms with Crippen LogP contribution in [0.2, 0.25) is 0 Å². The monoisotopic (exact) mass is 298 g/mol. The van der Waals surface area contributed by atoms with Crippen LogP contribution in [0, 0.1) is 0 Å². The number of aliphatic hydroxyl groups excluding tert-OH is 1. The smallest absolute Gasteiger partial charge is 0.0974 e. The lowest BCUT2D eigenvalue weighted by molar-refractivity contribution is 0.227. The minimum atomic E-state index is -0.496. The lowest BCUT2D eigenvalue weighted by Gasteiger charge is -2.08. The number of aliphatic hydroxyl groups is 1. The van der Waals surface area contributed by atoms with Crippen molar-refractivity contribution in [2.24, 2.45) is 0 Å². The van der Waals surface area contributed by atoms with Crippen molar-refractivity contribution in [3.8, 4) is 0 Å². The Bertz CT molecular complexity index is 516. The molecule has 0 amide bonds. The second-order valence-electron chi connectivity index (χ2n) is 6.28. The highest BCUT2D eigenvalue weighted by molar-refractivity contribution is 5.22. The predicted molar refractivity (Wildman–Crippen MR) is 96.8 cm³/mol. The minimum absolute atomic E-state index is 0.496. The summed E-state index contributed by atoms with van der Waals surface area (Å²) in [6, 6.07) is 9.81. The van der Waals surface area contributed by atoms with Crippen LogP contribution in [-0.2, 0) is 0 Å². The van der Waals surface area contributed by atoms with Crippen LogP contribution in [0.15, 0.2) is 65.3 Å². The number of benzene rings is 1. The summed E-state index contributed by atoms with van der Waals surface area (Å²) >= 11 is 0. The molecule has 0 aliphatic rings. The molecule has 1 rings (SSSR count). The predicted octanol–water partition coefficient (Wildman–Crippen LogP) is 6.14. The molecule has 1 atom stereocenters. The van der Waals surface area contributed by atoms with E-state index in [1.807, 2.05) is 36.4 Å². The second-order valence-corrected chi connectivity index (χ2v) is 6.28. The van der Waals surface area contributed by atoms with Gasteiger partial charge in [-0.25, -0.2) is 0 Å². The topological polar surface area (TPSA) is 20.2 Å². The van der Waals surface area contributed by atoms with Gasteiger partial charge in [-0.3, -0.25) is 0 Å². The van der Waals surface area contributed by atoms with Gasteiger partial charge in [0.25, 0.3) is 0 Å². The van der Waals surface area contributed by atoms with Crippen LogP contribution in [-0.4, -0.2) is 5.11 Å². The molecule has 0 spiro atoms. The molecule has 1 N–H and O–H groups in total. The zero-order valence-electron chi connectivity index (χ0n) is 14.5. The maximum atomic E-state index is 10.2. The number of hydrogen-bond acceptors (Lipinski definition) is 1. The summed E-state index contributed by atoms with van der Waals surface area (Å²) in [5.41, 5.74) is 5.04. The van der Waals surface area contributed by atoms with E-state index in [0.29, 0.717) is 0 Å². The quantitative estimate of drug-likeness (QED) is 0.571. The standard InChI is InChI=1S/C21H30O/c1-17(2)10-8-11-18(3)12-9-13-19(4)16-21(22)20-14-6-5-7-15-20/h5-7,10,12,14-16,21-22H,8-9,11,13H2,1-4H3/b18-12-,19-16+. The van der Waals surface area contributed by atoms with E-state index in [9.17, 15) is 5.11 Å². The van der Waals surface area contributed by atoms with E-state index in [2.05, 4.69) is 39.8 Å². The number of hydrogen-bond donors (Lipinski definition) is 1. The minimum Gasteiger partial charge on any atom is -0.384 e. The van der Waals surface area contributed by atoms with E-state index in [4.69, 9.17) is 0 Å². The molecule has 0 saturated carbocycles. The Morgan fingerprint density at radius 1 is 0.909 bits per heavy atom. The molecular weight excluding hydrogens is 268 g/mol. The fraction of sp³-hybridized carbons (Fsp3) is 0.429. The highest BCUT2D eigenvalue weighted by Crippen LogP contribution is 2.18. The first kappa shape index (κ1) is 18.4. The van der Waals surface area contributed by atoms with Gasteiger partial charge in [0.05, 0.1) is 6.10 Å². The normalized spacial score (nSPS) is 13.9. The maximum absolute atomic E-state index is 10.2. The molecule has 22 heavy (non-hydrogen) atoms. The van der Waals surface area contributed by atoms with E-state index in [1.165, 1.54) is 16.7 Å². The first-order valence-electron chi connectivity index (χ1n) is 8.18. The summed E-state index contributed by atoms with van der Waals surface area (Å²) in [4.78, 5) is 0. The fourth-order valence-electron chi connectivity index (χ4n) is 2.34. The fourth-order valence-corrected chi connectivity index (χ4v) is 2.34. The summed E-state index contributed by atoms with van der Waals surface area (Å²) in [5, 5.41) is 10.2. The molecular formula is C21H30O. The highest BCUT2D eigenvalue weighted by Gasteiger charge is 2.03. The third-order valence-electron chi connectivity index (χ3n) is 3.71. The Morgan fingerprint density at radius 3 is 2.14 bits per heavy atom. The van der Waals surface area contributed by atoms with Crippen molar-refractivity contribution in [1.82, 2.24) is 0 Å². The summed E-state index contributed by atoms with van der Waals surface area (Å²) in [6.07, 6.45) is 10.4. The van der Waals surface area contributed by atoms with E-state index < -0.39 is 6.10 Å². The Balaban J connectivity index is 2.40. The van der Waals surface area contributed by atoms with Crippen LogP contribution >= 0.6 is 0 Å². The summed E-state index contributed by atoms with van der Waals surface area (Å²) in [7, 11) is 0. The van der Waals surface area contributed by atoms with Gasteiger partial charge in [-0.2, -0.15) is 0 Å². The number of rotatable bonds is 8. The van der Waals surface area contributed by atoms with Gasteiger partial charge in [0.2, 0.25) is 0 Å². The van der Waals surface area contributed by atoms with Crippen molar-refractivity contribution >= 4 is 0 Å². The van der Waals surface area contributed by atoms with Gasteiger partial charge >= 0.3 is 0 Å². The zero-order chi connectivity index (χ0) is 16.4. The molecule has 1 heteroatoms. The van der Waals surface area contributed by atoms with E-state index >= 15 is 0 Å². The Hall–Kier alpha value is -1.60. The van der Waals surface area contributed by atoms with Crippen molar-refractivity contribution in [1.29, 1.82) is 0 Å². The molecule has 120 valence electrons. The molecule has 0 bridgehead atoms. The van der Waals surface area contributed by atoms with Gasteiger partial charge < -0.3 is 5.11 Å². The Labute approximate surface area is 136 Å². The summed E-state index contributed by atoms with van der Waals surface area (Å²) < 4.78 is 0. The van der Waals surface area contributed by atoms with Crippen molar-refractivity contribution in [3.63, 3.8) is 0 Å². The lowest BCUT2D eigenvalue weighted by Crippen LogP contribution is -1.94. The third kappa shape index (κ3) is 7.99. The van der Waals surface area contributed by atoms with Gasteiger partial charge in [0.15, 0.2) is 0 Å². The molecule has 0 aliphatic carbocycles. The average Bonchev–Trinajstić information content (AvgIpc) is 2.47. The molecule has 1 aromatic carbocycles. The number of allylic oxidation sites excluding steroid dienone is 5. The average molecular weight is 298 g/mol. The van der Waals surface area contributed by atoms with Crippen LogP contribution in [0.5, 0.6) is 0 Å². The zero-order valence-corrected chi connectivity index (χ0v) is 14.5. The van der Waals surface area contributed by atoms with Gasteiger partial charge in [0.1, 0.15) is 0 Å². The molecule has 1 aromatic rings. The molecule has 0 saturated heterocycles. The van der Waals surface area contributed by atoms with Gasteiger partial charge in [-0.15, -0.1) is 0 Å². The Morgan fingerprint density at radius 2 is 1.50 bits per heavy atom. The maximum Gasteiger partial charge on any atom is 0.0974 e. The largest absolute Gasteiger partial charge is 0.384 e. The van der Waals surface area contributed by atoms with E-state index in [0.717, 1.165) is 31.2 Å². The molecule has 1 unspecified atom stereocenters. The molecule has 0 fully saturated rings. The van der Waals surface area contributed by atoms with Crippen LogP contribution in [0.3, 0.4) is 0 Å². The van der Waals surface area contributed by atoms with Gasteiger partial charge in [0, 0.05) is 0 Å². The third-order valence-corrected chi connectivity index (χ3v) is 3.71. The second kappa shape index (κ2) is 10.2. The van der Waals surface area contributed by atoms with E-state index in [1.54, 1.807) is 0 Å². The van der Waals surface area contributed by atoms with Crippen molar-refractivity contribution in [3.05, 3.63) is 70.8 Å². The van der Waals surface area contributed by atoms with Crippen LogP contribution in [0.25, 0.3) is 0 Å². The molecule has 0 aliphatic heterocycles. The van der Waals surface area contributed by atoms with Crippen LogP contribution in [0.4, 0.5) is 0 Å². The lowest BCUT2D eigenvalue weighted by atomic mass is 10.0. The molecule has 0 aromatic heterocycles.